The number of para-hydroxylation sites is 1. The molecule has 0 bridgehead atoms. The number of imidazole rings is 1. The Balaban J connectivity index is 1.66. The number of aromatic nitrogens is 2. The van der Waals surface area contributed by atoms with Gasteiger partial charge in [0.05, 0.1) is 30.6 Å². The molecule has 45 heavy (non-hydrogen) atoms. The van der Waals surface area contributed by atoms with Gasteiger partial charge in [-0.05, 0) is 76.8 Å². The molecule has 5 rings (SSSR count). The highest BCUT2D eigenvalue weighted by atomic mass is 19.1. The fourth-order valence-corrected chi connectivity index (χ4v) is 5.91. The Kier molecular flexibility index (Phi) is 9.05. The number of hydrogen-bond donors (Lipinski definition) is 1. The number of carbonyl (C=O) groups is 1. The number of piperidine rings is 1. The number of esters is 1. The average Bonchev–Trinajstić information content (AvgIpc) is 3.43. The third-order valence-electron chi connectivity index (χ3n) is 8.25. The maximum atomic E-state index is 14.2. The van der Waals surface area contributed by atoms with Crippen LogP contribution >= 0.6 is 0 Å². The quantitative estimate of drug-likeness (QED) is 0.155. The number of fused-ring (bicyclic) bond motifs is 1. The third-order valence-corrected chi connectivity index (χ3v) is 8.25. The number of methoxy groups -OCH3 is 1. The highest BCUT2D eigenvalue weighted by Gasteiger charge is 2.37. The molecule has 0 amide bonds. The minimum Gasteiger partial charge on any atom is -0.504 e. The first-order chi connectivity index (χ1) is 21.3. The van der Waals surface area contributed by atoms with Crippen LogP contribution in [0.4, 0.5) is 10.2 Å². The molecule has 238 valence electrons. The van der Waals surface area contributed by atoms with E-state index < -0.39 is 29.2 Å². The van der Waals surface area contributed by atoms with Crippen LogP contribution in [0.2, 0.25) is 0 Å². The number of ether oxygens (including phenoxy) is 3. The molecule has 0 aliphatic carbocycles. The van der Waals surface area contributed by atoms with Gasteiger partial charge in [0.2, 0.25) is 0 Å². The summed E-state index contributed by atoms with van der Waals surface area (Å²) in [6.07, 6.45) is 4.30. The fraction of sp³-hybridized carbons (Fsp3) is 0.389. The number of halogens is 1. The van der Waals surface area contributed by atoms with E-state index in [1.54, 1.807) is 18.2 Å². The van der Waals surface area contributed by atoms with Gasteiger partial charge in [-0.3, -0.25) is 4.40 Å². The molecular formula is C36H42FN3O5. The van der Waals surface area contributed by atoms with E-state index in [0.717, 1.165) is 35.3 Å². The van der Waals surface area contributed by atoms with Gasteiger partial charge in [-0.15, -0.1) is 6.58 Å². The van der Waals surface area contributed by atoms with Crippen molar-refractivity contribution in [3.63, 3.8) is 0 Å². The van der Waals surface area contributed by atoms with Crippen molar-refractivity contribution in [2.45, 2.75) is 64.8 Å². The van der Waals surface area contributed by atoms with E-state index in [4.69, 9.17) is 19.2 Å². The van der Waals surface area contributed by atoms with E-state index in [-0.39, 0.29) is 5.60 Å². The van der Waals surface area contributed by atoms with Crippen molar-refractivity contribution in [3.05, 3.63) is 84.3 Å². The second kappa shape index (κ2) is 12.7. The molecule has 8 nitrogen and oxygen atoms in total. The van der Waals surface area contributed by atoms with E-state index in [9.17, 15) is 14.3 Å². The van der Waals surface area contributed by atoms with E-state index in [2.05, 4.69) is 18.4 Å². The van der Waals surface area contributed by atoms with Crippen LogP contribution < -0.4 is 4.90 Å². The van der Waals surface area contributed by atoms with Crippen molar-refractivity contribution in [2.75, 3.05) is 31.7 Å². The van der Waals surface area contributed by atoms with Crippen LogP contribution in [-0.2, 0) is 19.0 Å². The Hall–Kier alpha value is -4.21. The van der Waals surface area contributed by atoms with Crippen LogP contribution in [0, 0.1) is 12.7 Å². The van der Waals surface area contributed by atoms with Crippen LogP contribution in [0.15, 0.2) is 67.4 Å². The first kappa shape index (κ1) is 32.2. The summed E-state index contributed by atoms with van der Waals surface area (Å²) in [5.74, 6) is -0.738. The summed E-state index contributed by atoms with van der Waals surface area (Å²) in [5.41, 5.74) is 3.91. The Morgan fingerprint density at radius 3 is 2.51 bits per heavy atom. The SMILES string of the molecule is C=CCOC1(C)CCN(c2c([C@H](OC(C)(C)C)C(=O)OC)c(C)cc3nc(-c4cccc(-c5cccc(F)c5O)c4)cn23)CC1. The highest BCUT2D eigenvalue weighted by Crippen LogP contribution is 2.40. The molecule has 4 aromatic rings. The molecule has 0 saturated carbocycles. The Morgan fingerprint density at radius 2 is 1.84 bits per heavy atom. The van der Waals surface area contributed by atoms with Crippen molar-refractivity contribution in [1.82, 2.24) is 9.38 Å². The van der Waals surface area contributed by atoms with Gasteiger partial charge in [-0.2, -0.15) is 0 Å². The molecule has 1 saturated heterocycles. The summed E-state index contributed by atoms with van der Waals surface area (Å²) in [4.78, 5) is 20.6. The molecule has 0 unspecified atom stereocenters. The van der Waals surface area contributed by atoms with Gasteiger partial charge in [0.25, 0.3) is 0 Å². The maximum absolute atomic E-state index is 14.2. The first-order valence-corrected chi connectivity index (χ1v) is 15.2. The number of rotatable bonds is 9. The number of phenols is 1. The molecule has 3 heterocycles. The summed E-state index contributed by atoms with van der Waals surface area (Å²) >= 11 is 0. The second-order valence-electron chi connectivity index (χ2n) is 12.8. The van der Waals surface area contributed by atoms with Gasteiger partial charge in [0.1, 0.15) is 11.5 Å². The van der Waals surface area contributed by atoms with Gasteiger partial charge in [0.15, 0.2) is 17.7 Å². The van der Waals surface area contributed by atoms with Crippen LogP contribution in [0.3, 0.4) is 0 Å². The van der Waals surface area contributed by atoms with Crippen molar-refractivity contribution >= 4 is 17.4 Å². The summed E-state index contributed by atoms with van der Waals surface area (Å²) in [6.45, 7) is 15.5. The molecule has 1 aliphatic rings. The lowest BCUT2D eigenvalue weighted by atomic mass is 9.92. The van der Waals surface area contributed by atoms with Gasteiger partial charge in [-0.25, -0.2) is 14.2 Å². The van der Waals surface area contributed by atoms with Gasteiger partial charge >= 0.3 is 5.97 Å². The predicted octanol–water partition coefficient (Wildman–Crippen LogP) is 7.41. The normalized spacial score (nSPS) is 15.7. The topological polar surface area (TPSA) is 85.5 Å². The molecule has 0 radical (unpaired) electrons. The molecule has 2 aromatic heterocycles. The van der Waals surface area contributed by atoms with Crippen LogP contribution in [-0.4, -0.2) is 58.5 Å². The van der Waals surface area contributed by atoms with Gasteiger partial charge in [0, 0.05) is 36.0 Å². The predicted molar refractivity (Wildman–Crippen MR) is 174 cm³/mol. The number of nitrogens with zero attached hydrogens (tertiary/aromatic N) is 3. The lowest BCUT2D eigenvalue weighted by molar-refractivity contribution is -0.164. The molecule has 1 aliphatic heterocycles. The Morgan fingerprint density at radius 1 is 1.16 bits per heavy atom. The number of aromatic hydroxyl groups is 1. The molecule has 1 N–H and O–H groups in total. The molecule has 1 fully saturated rings. The molecule has 1 atom stereocenters. The summed E-state index contributed by atoms with van der Waals surface area (Å²) in [6, 6.07) is 13.9. The maximum Gasteiger partial charge on any atom is 0.339 e. The zero-order valence-electron chi connectivity index (χ0n) is 26.9. The van der Waals surface area contributed by atoms with E-state index >= 15 is 0 Å². The summed E-state index contributed by atoms with van der Waals surface area (Å²) in [7, 11) is 1.37. The van der Waals surface area contributed by atoms with Crippen LogP contribution in [0.25, 0.3) is 28.0 Å². The zero-order chi connectivity index (χ0) is 32.5. The lowest BCUT2D eigenvalue weighted by Gasteiger charge is -2.41. The lowest BCUT2D eigenvalue weighted by Crippen LogP contribution is -2.45. The second-order valence-corrected chi connectivity index (χ2v) is 12.8. The van der Waals surface area contributed by atoms with Crippen molar-refractivity contribution < 1.29 is 28.5 Å². The minimum atomic E-state index is -0.968. The average molecular weight is 616 g/mol. The van der Waals surface area contributed by atoms with Crippen LogP contribution in [0.5, 0.6) is 5.75 Å². The van der Waals surface area contributed by atoms with E-state index in [1.165, 1.54) is 13.2 Å². The van der Waals surface area contributed by atoms with Crippen LogP contribution in [0.1, 0.15) is 57.8 Å². The molecular weight excluding hydrogens is 573 g/mol. The number of hydrogen-bond acceptors (Lipinski definition) is 7. The minimum absolute atomic E-state index is 0.291. The largest absolute Gasteiger partial charge is 0.504 e. The van der Waals surface area contributed by atoms with Crippen molar-refractivity contribution in [3.8, 4) is 28.1 Å². The fourth-order valence-electron chi connectivity index (χ4n) is 5.91. The molecule has 2 aromatic carbocycles. The first-order valence-electron chi connectivity index (χ1n) is 15.2. The standard InChI is InChI=1S/C36H42FN3O5/c1-8-19-44-36(6)15-17-39(18-16-36)33-30(32(34(42)43-7)45-35(3,4)5)23(2)20-29-38-28(22-40(29)33)25-12-9-11-24(21-25)26-13-10-14-27(37)31(26)41/h8-14,20-22,32,41H,1,15-19H2,2-7H3/t32-/m0/s1. The van der Waals surface area contributed by atoms with Gasteiger partial charge in [-0.1, -0.05) is 36.4 Å². The zero-order valence-corrected chi connectivity index (χ0v) is 26.9. The van der Waals surface area contributed by atoms with Crippen molar-refractivity contribution in [1.29, 1.82) is 0 Å². The van der Waals surface area contributed by atoms with E-state index in [1.807, 2.05) is 68.6 Å². The highest BCUT2D eigenvalue weighted by molar-refractivity contribution is 5.81. The monoisotopic (exact) mass is 615 g/mol. The number of phenolic OH excluding ortho intramolecular Hbond substituents is 1. The number of pyridine rings is 1. The van der Waals surface area contributed by atoms with E-state index in [0.29, 0.717) is 42.2 Å². The summed E-state index contributed by atoms with van der Waals surface area (Å²) < 4.78 is 34.0. The molecule has 0 spiro atoms. The Bertz CT molecular complexity index is 1720. The smallest absolute Gasteiger partial charge is 0.339 e. The molecule has 9 heteroatoms. The number of carbonyl (C=O) groups excluding carboxylic acids is 1. The number of benzene rings is 2. The van der Waals surface area contributed by atoms with Gasteiger partial charge < -0.3 is 24.2 Å². The Labute approximate surface area is 264 Å². The third kappa shape index (κ3) is 6.74. The number of aryl methyl sites for hydroxylation is 1. The van der Waals surface area contributed by atoms with Crippen molar-refractivity contribution in [2.24, 2.45) is 0 Å². The summed E-state index contributed by atoms with van der Waals surface area (Å²) in [5, 5.41) is 10.4. The number of anilines is 1.